The Morgan fingerprint density at radius 3 is 2.28 bits per heavy atom. The third-order valence-corrected chi connectivity index (χ3v) is 5.79. The summed E-state index contributed by atoms with van der Waals surface area (Å²) >= 11 is 5.92. The number of halogens is 1. The Kier molecular flexibility index (Phi) is 5.97. The Morgan fingerprint density at radius 2 is 1.68 bits per heavy atom. The molecule has 2 aliphatic rings. The predicted molar refractivity (Wildman–Crippen MR) is 92.9 cm³/mol. The maximum absolute atomic E-state index is 12.8. The molecule has 1 heterocycles. The van der Waals surface area contributed by atoms with Crippen LogP contribution in [0.5, 0.6) is 0 Å². The predicted octanol–water partition coefficient (Wildman–Crippen LogP) is 0.123. The van der Waals surface area contributed by atoms with E-state index in [4.69, 9.17) is 11.6 Å². The number of nitrogens with one attached hydrogen (secondary N) is 1. The second-order valence-electron chi connectivity index (χ2n) is 7.20. The van der Waals surface area contributed by atoms with E-state index in [9.17, 15) is 14.7 Å². The van der Waals surface area contributed by atoms with Crippen LogP contribution in [0.2, 0.25) is 5.02 Å². The van der Waals surface area contributed by atoms with Crippen molar-refractivity contribution in [3.63, 3.8) is 0 Å². The van der Waals surface area contributed by atoms with Crippen molar-refractivity contribution in [3.05, 3.63) is 34.9 Å². The Hall–Kier alpha value is -1.59. The Labute approximate surface area is 153 Å². The quantitative estimate of drug-likeness (QED) is 0.825. The van der Waals surface area contributed by atoms with E-state index in [1.54, 1.807) is 0 Å². The van der Waals surface area contributed by atoms with Crippen LogP contribution in [-0.2, 0) is 16.1 Å². The fraction of sp³-hybridized carbons (Fsp3) is 0.579. The smallest absolute Gasteiger partial charge is 0.226 e. The summed E-state index contributed by atoms with van der Waals surface area (Å²) in [5.41, 5.74) is 1.24. The van der Waals surface area contributed by atoms with Crippen LogP contribution >= 0.6 is 11.6 Å². The lowest BCUT2D eigenvalue weighted by atomic mass is 9.78. The van der Waals surface area contributed by atoms with Crippen molar-refractivity contribution in [1.82, 2.24) is 4.90 Å². The van der Waals surface area contributed by atoms with Gasteiger partial charge in [0.15, 0.2) is 0 Å². The lowest BCUT2D eigenvalue weighted by molar-refractivity contribution is -0.917. The molecule has 5 nitrogen and oxygen atoms in total. The summed E-state index contributed by atoms with van der Waals surface area (Å²) in [6, 6.07) is 7.89. The molecule has 1 amide bonds. The molecular formula is C19H25ClN2O3. The number of amides is 1. The first-order valence-electron chi connectivity index (χ1n) is 9.12. The molecular weight excluding hydrogens is 340 g/mol. The van der Waals surface area contributed by atoms with E-state index in [2.05, 4.69) is 0 Å². The number of nitrogens with zero attached hydrogens (tertiary/aromatic N) is 1. The van der Waals surface area contributed by atoms with Crippen molar-refractivity contribution in [2.45, 2.75) is 32.2 Å². The van der Waals surface area contributed by atoms with E-state index in [0.717, 1.165) is 37.5 Å². The molecule has 1 aromatic carbocycles. The number of piperazine rings is 1. The van der Waals surface area contributed by atoms with Crippen LogP contribution < -0.4 is 10.0 Å². The van der Waals surface area contributed by atoms with Gasteiger partial charge in [-0.15, -0.1) is 0 Å². The first kappa shape index (κ1) is 18.2. The Balaban J connectivity index is 1.53. The van der Waals surface area contributed by atoms with Gasteiger partial charge in [0.2, 0.25) is 5.91 Å². The van der Waals surface area contributed by atoms with Gasteiger partial charge in [-0.2, -0.15) is 0 Å². The molecule has 0 spiro atoms. The van der Waals surface area contributed by atoms with Gasteiger partial charge in [0, 0.05) is 28.4 Å². The zero-order chi connectivity index (χ0) is 17.8. The minimum Gasteiger partial charge on any atom is -0.550 e. The lowest BCUT2D eigenvalue weighted by Gasteiger charge is -2.38. The SMILES string of the molecule is O=C([O-])[C@@H]1CCCC[C@H]1C(=O)N1CC[NH+](Cc2ccc(Cl)cc2)CC1. The summed E-state index contributed by atoms with van der Waals surface area (Å²) in [6.45, 7) is 4.08. The fourth-order valence-corrected chi connectivity index (χ4v) is 4.18. The highest BCUT2D eigenvalue weighted by atomic mass is 35.5. The molecule has 3 rings (SSSR count). The largest absolute Gasteiger partial charge is 0.550 e. The first-order chi connectivity index (χ1) is 12.0. The molecule has 136 valence electrons. The summed E-state index contributed by atoms with van der Waals surface area (Å²) in [6.07, 6.45) is 3.05. The number of rotatable bonds is 4. The van der Waals surface area contributed by atoms with Gasteiger partial charge in [-0.05, 0) is 25.0 Å². The maximum Gasteiger partial charge on any atom is 0.226 e. The highest BCUT2D eigenvalue weighted by Crippen LogP contribution is 2.31. The number of carboxylic acid groups (broad SMARTS) is 1. The fourth-order valence-electron chi connectivity index (χ4n) is 4.05. The molecule has 1 N–H and O–H groups in total. The van der Waals surface area contributed by atoms with Gasteiger partial charge < -0.3 is 19.7 Å². The first-order valence-corrected chi connectivity index (χ1v) is 9.50. The van der Waals surface area contributed by atoms with Crippen LogP contribution in [0.4, 0.5) is 0 Å². The highest BCUT2D eigenvalue weighted by molar-refractivity contribution is 6.30. The summed E-state index contributed by atoms with van der Waals surface area (Å²) in [5, 5.41) is 12.1. The van der Waals surface area contributed by atoms with E-state index in [-0.39, 0.29) is 5.91 Å². The van der Waals surface area contributed by atoms with Crippen LogP contribution in [0.25, 0.3) is 0 Å². The number of benzene rings is 1. The van der Waals surface area contributed by atoms with Crippen molar-refractivity contribution in [2.24, 2.45) is 11.8 Å². The number of hydrogen-bond donors (Lipinski definition) is 1. The van der Waals surface area contributed by atoms with E-state index in [0.29, 0.717) is 25.9 Å². The molecule has 0 radical (unpaired) electrons. The third kappa shape index (κ3) is 4.53. The number of carboxylic acids is 1. The summed E-state index contributed by atoms with van der Waals surface area (Å²) < 4.78 is 0. The van der Waals surface area contributed by atoms with Crippen molar-refractivity contribution in [3.8, 4) is 0 Å². The summed E-state index contributed by atoms with van der Waals surface area (Å²) in [5.74, 6) is -2.05. The second kappa shape index (κ2) is 8.19. The van der Waals surface area contributed by atoms with E-state index >= 15 is 0 Å². The zero-order valence-electron chi connectivity index (χ0n) is 14.4. The van der Waals surface area contributed by atoms with Gasteiger partial charge >= 0.3 is 0 Å². The van der Waals surface area contributed by atoms with Gasteiger partial charge in [-0.3, -0.25) is 4.79 Å². The van der Waals surface area contributed by atoms with Crippen molar-refractivity contribution in [1.29, 1.82) is 0 Å². The maximum atomic E-state index is 12.8. The molecule has 2 atom stereocenters. The van der Waals surface area contributed by atoms with Crippen LogP contribution in [0.15, 0.2) is 24.3 Å². The van der Waals surface area contributed by atoms with E-state index < -0.39 is 17.8 Å². The average Bonchev–Trinajstić information content (AvgIpc) is 2.63. The van der Waals surface area contributed by atoms with Crippen LogP contribution in [-0.4, -0.2) is 43.0 Å². The van der Waals surface area contributed by atoms with Gasteiger partial charge in [0.25, 0.3) is 0 Å². The minimum atomic E-state index is -1.06. The second-order valence-corrected chi connectivity index (χ2v) is 7.63. The molecule has 1 aromatic rings. The molecule has 2 fully saturated rings. The number of hydrogen-bond acceptors (Lipinski definition) is 3. The monoisotopic (exact) mass is 364 g/mol. The molecule has 25 heavy (non-hydrogen) atoms. The van der Waals surface area contributed by atoms with Crippen molar-refractivity contribution < 1.29 is 19.6 Å². The van der Waals surface area contributed by atoms with Gasteiger partial charge in [-0.1, -0.05) is 36.6 Å². The standard InChI is InChI=1S/C19H25ClN2O3/c20-15-7-5-14(6-8-15)13-21-9-11-22(12-10-21)18(23)16-3-1-2-4-17(16)19(24)25/h5-8,16-17H,1-4,9-13H2,(H,24,25)/t16-,17-/m1/s1. The van der Waals surface area contributed by atoms with Gasteiger partial charge in [-0.25, -0.2) is 0 Å². The topological polar surface area (TPSA) is 64.9 Å². The number of carbonyl (C=O) groups is 2. The van der Waals surface area contributed by atoms with E-state index in [1.807, 2.05) is 29.2 Å². The molecule has 6 heteroatoms. The van der Waals surface area contributed by atoms with Crippen molar-refractivity contribution in [2.75, 3.05) is 26.2 Å². The molecule has 0 aromatic heterocycles. The average molecular weight is 365 g/mol. The molecule has 1 aliphatic heterocycles. The molecule has 1 saturated carbocycles. The third-order valence-electron chi connectivity index (χ3n) is 5.54. The van der Waals surface area contributed by atoms with Gasteiger partial charge in [0.05, 0.1) is 26.2 Å². The Bertz CT molecular complexity index is 612. The Morgan fingerprint density at radius 1 is 1.08 bits per heavy atom. The summed E-state index contributed by atoms with van der Waals surface area (Å²) in [7, 11) is 0. The normalized spacial score (nSPS) is 24.9. The van der Waals surface area contributed by atoms with E-state index in [1.165, 1.54) is 10.5 Å². The van der Waals surface area contributed by atoms with Crippen LogP contribution in [0.3, 0.4) is 0 Å². The number of carbonyl (C=O) groups excluding carboxylic acids is 2. The molecule has 0 bridgehead atoms. The summed E-state index contributed by atoms with van der Waals surface area (Å²) in [4.78, 5) is 27.4. The van der Waals surface area contributed by atoms with Crippen LogP contribution in [0, 0.1) is 11.8 Å². The molecule has 0 unspecified atom stereocenters. The minimum absolute atomic E-state index is 0.0134. The number of quaternary nitrogens is 1. The zero-order valence-corrected chi connectivity index (χ0v) is 15.1. The van der Waals surface area contributed by atoms with Crippen molar-refractivity contribution >= 4 is 23.5 Å². The van der Waals surface area contributed by atoms with Crippen LogP contribution in [0.1, 0.15) is 31.2 Å². The molecule has 1 aliphatic carbocycles. The number of aliphatic carboxylic acids is 1. The van der Waals surface area contributed by atoms with Gasteiger partial charge in [0.1, 0.15) is 6.54 Å². The highest BCUT2D eigenvalue weighted by Gasteiger charge is 2.36. The molecule has 1 saturated heterocycles. The lowest BCUT2D eigenvalue weighted by Crippen LogP contribution is -3.13.